The van der Waals surface area contributed by atoms with E-state index in [1.54, 1.807) is 0 Å². The average molecular weight is 340 g/mol. The van der Waals surface area contributed by atoms with Crippen LogP contribution in [0.4, 0.5) is 0 Å². The van der Waals surface area contributed by atoms with E-state index in [1.807, 2.05) is 39.0 Å². The lowest BCUT2D eigenvalue weighted by molar-refractivity contribution is 0.0700. The number of benzene rings is 1. The molecule has 100 valence electrons. The molecule has 0 spiro atoms. The van der Waals surface area contributed by atoms with Crippen LogP contribution in [0.2, 0.25) is 0 Å². The Labute approximate surface area is 124 Å². The second-order valence-electron chi connectivity index (χ2n) is 4.65. The summed E-state index contributed by atoms with van der Waals surface area (Å²) in [6, 6.07) is 5.92. The molecule has 0 amide bonds. The third-order valence-electron chi connectivity index (χ3n) is 2.81. The molecular formula is C14H14BrNO2S. The second kappa shape index (κ2) is 5.43. The van der Waals surface area contributed by atoms with E-state index < -0.39 is 5.97 Å². The Morgan fingerprint density at radius 2 is 2.11 bits per heavy atom. The zero-order valence-electron chi connectivity index (χ0n) is 10.9. The molecule has 19 heavy (non-hydrogen) atoms. The largest absolute Gasteiger partial charge is 0.477 e. The highest BCUT2D eigenvalue weighted by Crippen LogP contribution is 2.34. The van der Waals surface area contributed by atoms with Crippen molar-refractivity contribution in [3.05, 3.63) is 38.8 Å². The van der Waals surface area contributed by atoms with E-state index in [4.69, 9.17) is 0 Å². The predicted molar refractivity (Wildman–Crippen MR) is 81.0 cm³/mol. The fraction of sp³-hybridized carbons (Fsp3) is 0.286. The van der Waals surface area contributed by atoms with Crippen molar-refractivity contribution < 1.29 is 9.90 Å². The number of rotatable bonds is 3. The zero-order chi connectivity index (χ0) is 14.2. The van der Waals surface area contributed by atoms with Gasteiger partial charge in [0, 0.05) is 10.0 Å². The molecule has 1 N–H and O–H groups in total. The molecule has 0 bridgehead atoms. The van der Waals surface area contributed by atoms with E-state index in [2.05, 4.69) is 20.9 Å². The number of aromatic carboxylic acids is 1. The van der Waals surface area contributed by atoms with Crippen molar-refractivity contribution >= 4 is 33.2 Å². The number of aromatic nitrogens is 1. The van der Waals surface area contributed by atoms with Crippen LogP contribution in [0.15, 0.2) is 22.7 Å². The highest BCUT2D eigenvalue weighted by molar-refractivity contribution is 9.10. The number of carbonyl (C=O) groups is 1. The molecule has 0 aliphatic rings. The van der Waals surface area contributed by atoms with Crippen LogP contribution in [0.5, 0.6) is 0 Å². The number of aryl methyl sites for hydroxylation is 1. The third-order valence-corrected chi connectivity index (χ3v) is 4.40. The summed E-state index contributed by atoms with van der Waals surface area (Å²) in [5.41, 5.74) is 2.73. The first-order valence-electron chi connectivity index (χ1n) is 5.90. The Morgan fingerprint density at radius 3 is 2.58 bits per heavy atom. The molecule has 2 aromatic rings. The van der Waals surface area contributed by atoms with Gasteiger partial charge in [-0.05, 0) is 30.5 Å². The molecule has 0 saturated carbocycles. The highest BCUT2D eigenvalue weighted by atomic mass is 79.9. The Balaban J connectivity index is 2.57. The Kier molecular flexibility index (Phi) is 4.06. The maximum Gasteiger partial charge on any atom is 0.347 e. The number of carboxylic acids is 1. The maximum atomic E-state index is 11.3. The van der Waals surface area contributed by atoms with Gasteiger partial charge < -0.3 is 5.11 Å². The Hall–Kier alpha value is -1.20. The van der Waals surface area contributed by atoms with Crippen molar-refractivity contribution in [1.82, 2.24) is 4.98 Å². The summed E-state index contributed by atoms with van der Waals surface area (Å²) in [5.74, 6) is -0.797. The van der Waals surface area contributed by atoms with Gasteiger partial charge in [-0.25, -0.2) is 9.78 Å². The predicted octanol–water partition coefficient (Wildman–Crippen LogP) is 4.70. The minimum Gasteiger partial charge on any atom is -0.477 e. The van der Waals surface area contributed by atoms with Gasteiger partial charge in [0.05, 0.1) is 5.69 Å². The Morgan fingerprint density at radius 1 is 1.42 bits per heavy atom. The molecule has 0 unspecified atom stereocenters. The molecule has 0 aliphatic carbocycles. The van der Waals surface area contributed by atoms with Gasteiger partial charge in [-0.3, -0.25) is 0 Å². The van der Waals surface area contributed by atoms with Crippen LogP contribution in [0.25, 0.3) is 10.6 Å². The lowest BCUT2D eigenvalue weighted by atomic mass is 10.1. The standard InChI is InChI=1S/C14H14BrNO2S/c1-7(2)11-12(14(17)18)19-13(16-11)10-5-4-9(15)6-8(10)3/h4-7H,1-3H3,(H,17,18). The number of carboxylic acid groups (broad SMARTS) is 1. The summed E-state index contributed by atoms with van der Waals surface area (Å²) in [6.45, 7) is 5.91. The van der Waals surface area contributed by atoms with E-state index in [0.29, 0.717) is 10.6 Å². The summed E-state index contributed by atoms with van der Waals surface area (Å²) in [5, 5.41) is 10.0. The summed E-state index contributed by atoms with van der Waals surface area (Å²) in [7, 11) is 0. The van der Waals surface area contributed by atoms with Crippen LogP contribution in [-0.4, -0.2) is 16.1 Å². The molecule has 0 radical (unpaired) electrons. The van der Waals surface area contributed by atoms with Crippen molar-refractivity contribution in [1.29, 1.82) is 0 Å². The molecule has 1 aromatic heterocycles. The summed E-state index contributed by atoms with van der Waals surface area (Å²) >= 11 is 4.67. The number of nitrogens with zero attached hydrogens (tertiary/aromatic N) is 1. The van der Waals surface area contributed by atoms with Gasteiger partial charge >= 0.3 is 5.97 Å². The van der Waals surface area contributed by atoms with E-state index >= 15 is 0 Å². The maximum absolute atomic E-state index is 11.3. The van der Waals surface area contributed by atoms with Crippen LogP contribution in [0, 0.1) is 6.92 Å². The topological polar surface area (TPSA) is 50.2 Å². The molecule has 3 nitrogen and oxygen atoms in total. The molecule has 1 heterocycles. The molecule has 0 aliphatic heterocycles. The molecule has 5 heteroatoms. The van der Waals surface area contributed by atoms with E-state index in [9.17, 15) is 9.90 Å². The zero-order valence-corrected chi connectivity index (χ0v) is 13.3. The van der Waals surface area contributed by atoms with Crippen molar-refractivity contribution in [2.24, 2.45) is 0 Å². The third kappa shape index (κ3) is 2.87. The van der Waals surface area contributed by atoms with Crippen molar-refractivity contribution in [2.45, 2.75) is 26.7 Å². The quantitative estimate of drug-likeness (QED) is 0.881. The second-order valence-corrected chi connectivity index (χ2v) is 6.57. The first-order valence-corrected chi connectivity index (χ1v) is 7.51. The molecule has 0 saturated heterocycles. The van der Waals surface area contributed by atoms with Crippen molar-refractivity contribution in [3.63, 3.8) is 0 Å². The van der Waals surface area contributed by atoms with Crippen LogP contribution in [-0.2, 0) is 0 Å². The van der Waals surface area contributed by atoms with Gasteiger partial charge in [-0.15, -0.1) is 11.3 Å². The molecular weight excluding hydrogens is 326 g/mol. The highest BCUT2D eigenvalue weighted by Gasteiger charge is 2.20. The van der Waals surface area contributed by atoms with E-state index in [-0.39, 0.29) is 5.92 Å². The number of hydrogen-bond donors (Lipinski definition) is 1. The molecule has 0 fully saturated rings. The number of thiazole rings is 1. The lowest BCUT2D eigenvalue weighted by Gasteiger charge is -2.03. The first kappa shape index (κ1) is 14.2. The van der Waals surface area contributed by atoms with Crippen LogP contribution < -0.4 is 0 Å². The molecule has 2 rings (SSSR count). The minimum absolute atomic E-state index is 0.104. The summed E-state index contributed by atoms with van der Waals surface area (Å²) < 4.78 is 1.01. The smallest absolute Gasteiger partial charge is 0.347 e. The van der Waals surface area contributed by atoms with Gasteiger partial charge in [0.1, 0.15) is 9.88 Å². The normalized spacial score (nSPS) is 11.0. The van der Waals surface area contributed by atoms with Gasteiger partial charge in [-0.2, -0.15) is 0 Å². The fourth-order valence-electron chi connectivity index (χ4n) is 1.86. The first-order chi connectivity index (χ1) is 8.90. The van der Waals surface area contributed by atoms with Crippen LogP contribution in [0.1, 0.15) is 40.7 Å². The SMILES string of the molecule is Cc1cc(Br)ccc1-c1nc(C(C)C)c(C(=O)O)s1. The van der Waals surface area contributed by atoms with Gasteiger partial charge in [0.2, 0.25) is 0 Å². The minimum atomic E-state index is -0.901. The summed E-state index contributed by atoms with van der Waals surface area (Å²) in [6.07, 6.45) is 0. The Bertz CT molecular complexity index is 634. The van der Waals surface area contributed by atoms with E-state index in [0.717, 1.165) is 20.6 Å². The average Bonchev–Trinajstić information content (AvgIpc) is 2.73. The summed E-state index contributed by atoms with van der Waals surface area (Å²) in [4.78, 5) is 16.1. The number of hydrogen-bond acceptors (Lipinski definition) is 3. The van der Waals surface area contributed by atoms with Gasteiger partial charge in [-0.1, -0.05) is 35.8 Å². The lowest BCUT2D eigenvalue weighted by Crippen LogP contribution is -2.00. The van der Waals surface area contributed by atoms with Crippen molar-refractivity contribution in [2.75, 3.05) is 0 Å². The fourth-order valence-corrected chi connectivity index (χ4v) is 3.48. The monoisotopic (exact) mass is 339 g/mol. The molecule has 0 atom stereocenters. The van der Waals surface area contributed by atoms with Crippen molar-refractivity contribution in [3.8, 4) is 10.6 Å². The van der Waals surface area contributed by atoms with Crippen LogP contribution in [0.3, 0.4) is 0 Å². The van der Waals surface area contributed by atoms with Gasteiger partial charge in [0.25, 0.3) is 0 Å². The molecule has 1 aromatic carbocycles. The van der Waals surface area contributed by atoms with E-state index in [1.165, 1.54) is 11.3 Å². The number of halogens is 1. The van der Waals surface area contributed by atoms with Gasteiger partial charge in [0.15, 0.2) is 0 Å². The van der Waals surface area contributed by atoms with Crippen LogP contribution >= 0.6 is 27.3 Å².